The van der Waals surface area contributed by atoms with Crippen LogP contribution in [0.3, 0.4) is 0 Å². The zero-order chi connectivity index (χ0) is 12.1. The average Bonchev–Trinajstić information content (AvgIpc) is 2.81. The van der Waals surface area contributed by atoms with Gasteiger partial charge in [0.2, 0.25) is 0 Å². The smallest absolute Gasteiger partial charge is 0.251 e. The number of nitrogens with one attached hydrogen (secondary N) is 2. The molecule has 0 saturated heterocycles. The minimum Gasteiger partial charge on any atom is -0.352 e. The van der Waals surface area contributed by atoms with Gasteiger partial charge in [0, 0.05) is 25.2 Å². The molecule has 0 spiro atoms. The Kier molecular flexibility index (Phi) is 3.94. The van der Waals surface area contributed by atoms with Crippen LogP contribution >= 0.6 is 0 Å². The van der Waals surface area contributed by atoms with Gasteiger partial charge in [-0.2, -0.15) is 0 Å². The number of carbonyl (C=O) groups excluding carboxylic acids is 1. The maximum atomic E-state index is 11.9. The van der Waals surface area contributed by atoms with E-state index in [1.54, 1.807) is 0 Å². The third-order valence-corrected chi connectivity index (χ3v) is 2.93. The number of benzene rings is 1. The highest BCUT2D eigenvalue weighted by Crippen LogP contribution is 2.16. The molecule has 1 heterocycles. The van der Waals surface area contributed by atoms with E-state index in [0.29, 0.717) is 6.54 Å². The van der Waals surface area contributed by atoms with Crippen molar-refractivity contribution in [3.63, 3.8) is 0 Å². The Morgan fingerprint density at radius 3 is 3.06 bits per heavy atom. The Morgan fingerprint density at radius 2 is 2.24 bits per heavy atom. The Morgan fingerprint density at radius 1 is 1.41 bits per heavy atom. The van der Waals surface area contributed by atoms with E-state index in [4.69, 9.17) is 0 Å². The maximum Gasteiger partial charge on any atom is 0.251 e. The third kappa shape index (κ3) is 2.94. The van der Waals surface area contributed by atoms with E-state index in [2.05, 4.69) is 10.6 Å². The molecule has 1 amide bonds. The van der Waals surface area contributed by atoms with E-state index in [1.165, 1.54) is 11.1 Å². The molecule has 1 aromatic carbocycles. The Hall–Kier alpha value is -1.61. The molecule has 0 saturated carbocycles. The van der Waals surface area contributed by atoms with Crippen molar-refractivity contribution < 1.29 is 4.79 Å². The number of fused-ring (bicyclic) bond motifs is 1. The van der Waals surface area contributed by atoms with Crippen molar-refractivity contribution in [1.29, 1.82) is 0 Å². The average molecular weight is 230 g/mol. The first-order valence-electron chi connectivity index (χ1n) is 6.03. The molecule has 0 atom stereocenters. The van der Waals surface area contributed by atoms with Crippen molar-refractivity contribution in [2.75, 3.05) is 6.54 Å². The predicted molar refractivity (Wildman–Crippen MR) is 68.7 cm³/mol. The molecule has 1 aliphatic rings. The van der Waals surface area contributed by atoms with E-state index in [1.807, 2.05) is 37.3 Å². The van der Waals surface area contributed by atoms with Gasteiger partial charge in [-0.25, -0.2) is 0 Å². The molecule has 0 fully saturated rings. The maximum absolute atomic E-state index is 11.9. The van der Waals surface area contributed by atoms with Crippen molar-refractivity contribution in [2.24, 2.45) is 0 Å². The minimum atomic E-state index is 0.0178. The van der Waals surface area contributed by atoms with Crippen LogP contribution in [0.25, 0.3) is 0 Å². The summed E-state index contributed by atoms with van der Waals surface area (Å²) in [6.45, 7) is 4.46. The van der Waals surface area contributed by atoms with Crippen LogP contribution in [-0.4, -0.2) is 12.5 Å². The zero-order valence-electron chi connectivity index (χ0n) is 10.1. The second-order valence-electron chi connectivity index (χ2n) is 4.20. The molecule has 2 rings (SSSR count). The third-order valence-electron chi connectivity index (χ3n) is 2.93. The lowest BCUT2D eigenvalue weighted by Gasteiger charge is -2.05. The molecule has 3 heteroatoms. The fourth-order valence-electron chi connectivity index (χ4n) is 1.97. The van der Waals surface area contributed by atoms with Gasteiger partial charge in [0.05, 0.1) is 0 Å². The van der Waals surface area contributed by atoms with Gasteiger partial charge in [-0.3, -0.25) is 4.79 Å². The molecule has 0 bridgehead atoms. The topological polar surface area (TPSA) is 41.1 Å². The fourth-order valence-corrected chi connectivity index (χ4v) is 1.97. The van der Waals surface area contributed by atoms with Gasteiger partial charge in [-0.15, -0.1) is 0 Å². The van der Waals surface area contributed by atoms with Gasteiger partial charge in [0.25, 0.3) is 5.91 Å². The molecule has 90 valence electrons. The molecule has 1 aromatic rings. The summed E-state index contributed by atoms with van der Waals surface area (Å²) in [5, 5.41) is 6.19. The lowest BCUT2D eigenvalue weighted by Crippen LogP contribution is -2.24. The van der Waals surface area contributed by atoms with Crippen LogP contribution in [0.1, 0.15) is 34.8 Å². The molecule has 0 aliphatic carbocycles. The van der Waals surface area contributed by atoms with Crippen LogP contribution < -0.4 is 10.6 Å². The lowest BCUT2D eigenvalue weighted by atomic mass is 10.1. The predicted octanol–water partition coefficient (Wildman–Crippen LogP) is 1.99. The number of amides is 1. The summed E-state index contributed by atoms with van der Waals surface area (Å²) >= 11 is 0. The molecule has 0 unspecified atom stereocenters. The number of hydrogen-bond donors (Lipinski definition) is 2. The van der Waals surface area contributed by atoms with E-state index in [9.17, 15) is 4.79 Å². The Bertz CT molecular complexity index is 438. The highest BCUT2D eigenvalue weighted by atomic mass is 16.1. The van der Waals surface area contributed by atoms with Gasteiger partial charge in [0.15, 0.2) is 0 Å². The molecule has 1 aliphatic heterocycles. The number of hydrogen-bond acceptors (Lipinski definition) is 2. The summed E-state index contributed by atoms with van der Waals surface area (Å²) in [6.07, 6.45) is 4.93. The minimum absolute atomic E-state index is 0.0178. The number of allylic oxidation sites excluding steroid dienone is 1. The second-order valence-corrected chi connectivity index (χ2v) is 4.20. The van der Waals surface area contributed by atoms with Crippen molar-refractivity contribution in [3.8, 4) is 0 Å². The summed E-state index contributed by atoms with van der Waals surface area (Å²) < 4.78 is 0. The van der Waals surface area contributed by atoms with E-state index < -0.39 is 0 Å². The highest BCUT2D eigenvalue weighted by molar-refractivity contribution is 5.94. The van der Waals surface area contributed by atoms with Crippen LogP contribution in [0.4, 0.5) is 0 Å². The standard InChI is InChI=1S/C14H18N2O/c1-2-3-4-7-16-14(17)11-5-6-12-9-15-10-13(12)8-11/h2-3,5-6,8,15H,4,7,9-10H2,1H3,(H,16,17)/b3-2+. The van der Waals surface area contributed by atoms with Crippen LogP contribution in [0, 0.1) is 0 Å². The SMILES string of the molecule is C/C=C/CCNC(=O)c1ccc2c(c1)CNC2. The van der Waals surface area contributed by atoms with Gasteiger partial charge < -0.3 is 10.6 Å². The van der Waals surface area contributed by atoms with E-state index in [-0.39, 0.29) is 5.91 Å². The molecule has 0 aromatic heterocycles. The van der Waals surface area contributed by atoms with Gasteiger partial charge in [0.1, 0.15) is 0 Å². The lowest BCUT2D eigenvalue weighted by molar-refractivity contribution is 0.0954. The molecule has 2 N–H and O–H groups in total. The summed E-state index contributed by atoms with van der Waals surface area (Å²) in [7, 11) is 0. The molecule has 0 radical (unpaired) electrons. The van der Waals surface area contributed by atoms with Crippen LogP contribution in [0.2, 0.25) is 0 Å². The molecule has 17 heavy (non-hydrogen) atoms. The second kappa shape index (κ2) is 5.64. The first-order chi connectivity index (χ1) is 8.31. The van der Waals surface area contributed by atoms with E-state index >= 15 is 0 Å². The van der Waals surface area contributed by atoms with Gasteiger partial charge in [-0.05, 0) is 36.6 Å². The van der Waals surface area contributed by atoms with Crippen molar-refractivity contribution in [1.82, 2.24) is 10.6 Å². The summed E-state index contributed by atoms with van der Waals surface area (Å²) in [4.78, 5) is 11.9. The van der Waals surface area contributed by atoms with Crippen LogP contribution in [-0.2, 0) is 13.1 Å². The van der Waals surface area contributed by atoms with Crippen molar-refractivity contribution >= 4 is 5.91 Å². The number of carbonyl (C=O) groups is 1. The quantitative estimate of drug-likeness (QED) is 0.613. The van der Waals surface area contributed by atoms with E-state index in [0.717, 1.165) is 25.1 Å². The van der Waals surface area contributed by atoms with Crippen molar-refractivity contribution in [2.45, 2.75) is 26.4 Å². The van der Waals surface area contributed by atoms with Gasteiger partial charge in [-0.1, -0.05) is 18.2 Å². The normalized spacial score (nSPS) is 13.9. The molecular formula is C14H18N2O. The summed E-state index contributed by atoms with van der Waals surface area (Å²) in [5.74, 6) is 0.0178. The van der Waals surface area contributed by atoms with Crippen molar-refractivity contribution in [3.05, 3.63) is 47.0 Å². The van der Waals surface area contributed by atoms with Crippen LogP contribution in [0.5, 0.6) is 0 Å². The van der Waals surface area contributed by atoms with Crippen LogP contribution in [0.15, 0.2) is 30.4 Å². The zero-order valence-corrected chi connectivity index (χ0v) is 10.1. The summed E-state index contributed by atoms with van der Waals surface area (Å²) in [5.41, 5.74) is 3.30. The highest BCUT2D eigenvalue weighted by Gasteiger charge is 2.12. The first kappa shape index (κ1) is 11.9. The van der Waals surface area contributed by atoms with Gasteiger partial charge >= 0.3 is 0 Å². The Balaban J connectivity index is 1.95. The first-order valence-corrected chi connectivity index (χ1v) is 6.03. The summed E-state index contributed by atoms with van der Waals surface area (Å²) in [6, 6.07) is 5.92. The monoisotopic (exact) mass is 230 g/mol. The molecule has 3 nitrogen and oxygen atoms in total. The molecular weight excluding hydrogens is 212 g/mol. The number of rotatable bonds is 4. The largest absolute Gasteiger partial charge is 0.352 e. The Labute approximate surface area is 102 Å². The fraction of sp³-hybridized carbons (Fsp3) is 0.357.